The zero-order valence-electron chi connectivity index (χ0n) is 15.0. The van der Waals surface area contributed by atoms with Crippen LogP contribution in [0, 0.1) is 11.3 Å². The van der Waals surface area contributed by atoms with Gasteiger partial charge in [-0.1, -0.05) is 6.07 Å². The maximum atomic E-state index is 13.3. The molecule has 1 saturated heterocycles. The summed E-state index contributed by atoms with van der Waals surface area (Å²) in [5.74, 6) is 0.420. The van der Waals surface area contributed by atoms with Gasteiger partial charge in [-0.15, -0.1) is 0 Å². The number of amides is 1. The smallest absolute Gasteiger partial charge is 0.254 e. The molecule has 5 heteroatoms. The second-order valence-corrected chi connectivity index (χ2v) is 7.51. The number of piperidine rings is 1. The van der Waals surface area contributed by atoms with Crippen molar-refractivity contribution in [2.45, 2.75) is 37.6 Å². The predicted molar refractivity (Wildman–Crippen MR) is 102 cm³/mol. The van der Waals surface area contributed by atoms with E-state index in [1.807, 2.05) is 30.3 Å². The van der Waals surface area contributed by atoms with Crippen molar-refractivity contribution in [2.75, 3.05) is 6.54 Å². The van der Waals surface area contributed by atoms with Crippen LogP contribution in [0.4, 0.5) is 0 Å². The Morgan fingerprint density at radius 3 is 3.04 bits per heavy atom. The van der Waals surface area contributed by atoms with E-state index < -0.39 is 0 Å². The average Bonchev–Trinajstić information content (AvgIpc) is 3.20. The third kappa shape index (κ3) is 2.60. The third-order valence-corrected chi connectivity index (χ3v) is 6.09. The van der Waals surface area contributed by atoms with Crippen molar-refractivity contribution in [3.63, 3.8) is 0 Å². The Labute approximate surface area is 157 Å². The quantitative estimate of drug-likeness (QED) is 0.721. The van der Waals surface area contributed by atoms with Gasteiger partial charge < -0.3 is 9.88 Å². The van der Waals surface area contributed by atoms with Crippen molar-refractivity contribution in [1.29, 1.82) is 5.26 Å². The van der Waals surface area contributed by atoms with Crippen LogP contribution in [0.3, 0.4) is 0 Å². The Morgan fingerprint density at radius 2 is 2.15 bits per heavy atom. The Hall–Kier alpha value is -3.13. The molecular formula is C22H20N4O. The van der Waals surface area contributed by atoms with E-state index in [0.717, 1.165) is 43.3 Å². The minimum Gasteiger partial charge on any atom is -0.345 e. The van der Waals surface area contributed by atoms with Crippen molar-refractivity contribution in [1.82, 2.24) is 14.9 Å². The molecule has 0 radical (unpaired) electrons. The highest BCUT2D eigenvalue weighted by Crippen LogP contribution is 2.41. The average molecular weight is 356 g/mol. The van der Waals surface area contributed by atoms with Crippen molar-refractivity contribution in [3.05, 3.63) is 65.0 Å². The number of rotatable bonds is 1. The third-order valence-electron chi connectivity index (χ3n) is 6.09. The summed E-state index contributed by atoms with van der Waals surface area (Å²) < 4.78 is 0. The minimum absolute atomic E-state index is 0.0921. The van der Waals surface area contributed by atoms with Gasteiger partial charge in [-0.3, -0.25) is 4.79 Å². The number of nitrogens with zero attached hydrogens (tertiary/aromatic N) is 3. The van der Waals surface area contributed by atoms with Gasteiger partial charge in [0.15, 0.2) is 0 Å². The summed E-state index contributed by atoms with van der Waals surface area (Å²) in [5, 5.41) is 9.27. The number of carbonyl (C=O) groups excluding carboxylic acids is 1. The van der Waals surface area contributed by atoms with E-state index in [-0.39, 0.29) is 11.9 Å². The summed E-state index contributed by atoms with van der Waals surface area (Å²) in [6.07, 6.45) is 5.67. The molecule has 1 aliphatic carbocycles. The number of aromatic amines is 1. The van der Waals surface area contributed by atoms with Crippen LogP contribution in [-0.2, 0) is 6.42 Å². The molecule has 1 aliphatic heterocycles. The van der Waals surface area contributed by atoms with Crippen molar-refractivity contribution >= 4 is 16.9 Å². The van der Waals surface area contributed by atoms with Gasteiger partial charge >= 0.3 is 0 Å². The van der Waals surface area contributed by atoms with Crippen molar-refractivity contribution < 1.29 is 4.79 Å². The fourth-order valence-corrected chi connectivity index (χ4v) is 4.80. The van der Waals surface area contributed by atoms with Crippen molar-refractivity contribution in [3.8, 4) is 6.07 Å². The molecule has 2 unspecified atom stereocenters. The number of carbonyl (C=O) groups is 1. The molecule has 0 bridgehead atoms. The molecule has 1 N–H and O–H groups in total. The topological polar surface area (TPSA) is 72.8 Å². The van der Waals surface area contributed by atoms with Gasteiger partial charge in [-0.25, -0.2) is 4.98 Å². The van der Waals surface area contributed by atoms with Crippen LogP contribution in [0.5, 0.6) is 0 Å². The molecule has 2 heterocycles. The van der Waals surface area contributed by atoms with E-state index in [1.165, 1.54) is 11.1 Å². The molecule has 1 aromatic heterocycles. The second kappa shape index (κ2) is 6.24. The Morgan fingerprint density at radius 1 is 1.22 bits per heavy atom. The lowest BCUT2D eigenvalue weighted by Gasteiger charge is -2.45. The highest BCUT2D eigenvalue weighted by Gasteiger charge is 2.38. The molecule has 0 spiro atoms. The molecular weight excluding hydrogens is 336 g/mol. The zero-order chi connectivity index (χ0) is 18.4. The first-order valence-corrected chi connectivity index (χ1v) is 9.51. The van der Waals surface area contributed by atoms with Crippen LogP contribution in [0.15, 0.2) is 42.7 Å². The van der Waals surface area contributed by atoms with E-state index >= 15 is 0 Å². The highest BCUT2D eigenvalue weighted by atomic mass is 16.2. The first kappa shape index (κ1) is 16.1. The SMILES string of the molecule is N#Cc1ccc2c(c1)C1CCCN(C(=O)c3ccc4[nH]cnc4c3)C1CC2. The summed E-state index contributed by atoms with van der Waals surface area (Å²) in [6.45, 7) is 0.797. The van der Waals surface area contributed by atoms with Crippen molar-refractivity contribution in [2.24, 2.45) is 0 Å². The minimum atomic E-state index is 0.0921. The van der Waals surface area contributed by atoms with E-state index in [4.69, 9.17) is 0 Å². The number of hydrogen-bond donors (Lipinski definition) is 1. The fourth-order valence-electron chi connectivity index (χ4n) is 4.80. The van der Waals surface area contributed by atoms with Crippen LogP contribution in [0.25, 0.3) is 11.0 Å². The maximum absolute atomic E-state index is 13.3. The summed E-state index contributed by atoms with van der Waals surface area (Å²) in [5.41, 5.74) is 5.78. The Bertz CT molecular complexity index is 1080. The number of nitrogens with one attached hydrogen (secondary N) is 1. The lowest BCUT2D eigenvalue weighted by molar-refractivity contribution is 0.0547. The first-order valence-electron chi connectivity index (χ1n) is 9.51. The summed E-state index contributed by atoms with van der Waals surface area (Å²) in [7, 11) is 0. The second-order valence-electron chi connectivity index (χ2n) is 7.51. The van der Waals surface area contributed by atoms with Gasteiger partial charge in [0.25, 0.3) is 5.91 Å². The molecule has 2 atom stereocenters. The van der Waals surface area contributed by atoms with Crippen LogP contribution in [-0.4, -0.2) is 33.4 Å². The molecule has 3 aromatic rings. The van der Waals surface area contributed by atoms with Gasteiger partial charge in [0.1, 0.15) is 0 Å². The molecule has 1 fully saturated rings. The van der Waals surface area contributed by atoms with E-state index in [9.17, 15) is 10.1 Å². The molecule has 5 nitrogen and oxygen atoms in total. The number of hydrogen-bond acceptors (Lipinski definition) is 3. The summed E-state index contributed by atoms with van der Waals surface area (Å²) in [6, 6.07) is 14.2. The number of aryl methyl sites for hydroxylation is 1. The fraction of sp³-hybridized carbons (Fsp3) is 0.318. The predicted octanol–water partition coefficient (Wildman–Crippen LogP) is 3.77. The number of aromatic nitrogens is 2. The Balaban J connectivity index is 1.49. The number of imidazole rings is 1. The lowest BCUT2D eigenvalue weighted by Crippen LogP contribution is -2.49. The molecule has 2 aliphatic rings. The van der Waals surface area contributed by atoms with Gasteiger partial charge in [-0.2, -0.15) is 5.26 Å². The first-order chi connectivity index (χ1) is 13.2. The molecule has 134 valence electrons. The van der Waals surface area contributed by atoms with Gasteiger partial charge in [0.2, 0.25) is 0 Å². The summed E-state index contributed by atoms with van der Waals surface area (Å²) in [4.78, 5) is 22.7. The molecule has 0 saturated carbocycles. The van der Waals surface area contributed by atoms with Gasteiger partial charge in [0.05, 0.1) is 29.0 Å². The molecule has 1 amide bonds. The van der Waals surface area contributed by atoms with Gasteiger partial charge in [0, 0.05) is 24.1 Å². The van der Waals surface area contributed by atoms with E-state index in [2.05, 4.69) is 27.0 Å². The summed E-state index contributed by atoms with van der Waals surface area (Å²) >= 11 is 0. The zero-order valence-corrected chi connectivity index (χ0v) is 15.0. The number of likely N-dealkylation sites (tertiary alicyclic amines) is 1. The molecule has 5 rings (SSSR count). The number of nitriles is 1. The lowest BCUT2D eigenvalue weighted by atomic mass is 9.73. The highest BCUT2D eigenvalue weighted by molar-refractivity contribution is 5.97. The van der Waals surface area contributed by atoms with E-state index in [1.54, 1.807) is 6.33 Å². The van der Waals surface area contributed by atoms with Crippen LogP contribution >= 0.6 is 0 Å². The normalized spacial score (nSPS) is 21.4. The number of fused-ring (bicyclic) bond motifs is 4. The largest absolute Gasteiger partial charge is 0.345 e. The van der Waals surface area contributed by atoms with Crippen LogP contribution < -0.4 is 0 Å². The van der Waals surface area contributed by atoms with Gasteiger partial charge in [-0.05, 0) is 67.1 Å². The standard InChI is InChI=1S/C22H20N4O/c23-12-14-3-4-15-6-8-21-17(18(15)10-14)2-1-9-26(21)22(27)16-5-7-19-20(11-16)25-13-24-19/h3-5,7,10-11,13,17,21H,1-2,6,8-9H2,(H,24,25). The molecule has 2 aromatic carbocycles. The Kier molecular flexibility index (Phi) is 3.71. The molecule has 27 heavy (non-hydrogen) atoms. The van der Waals surface area contributed by atoms with E-state index in [0.29, 0.717) is 17.0 Å². The number of benzene rings is 2. The van der Waals surface area contributed by atoms with Crippen LogP contribution in [0.1, 0.15) is 52.2 Å². The number of H-pyrrole nitrogens is 1. The monoisotopic (exact) mass is 356 g/mol. The van der Waals surface area contributed by atoms with Crippen LogP contribution in [0.2, 0.25) is 0 Å². The maximum Gasteiger partial charge on any atom is 0.254 e.